The second kappa shape index (κ2) is 6.01. The van der Waals surface area contributed by atoms with E-state index in [1.165, 1.54) is 0 Å². The normalized spacial score (nSPS) is 17.8. The summed E-state index contributed by atoms with van der Waals surface area (Å²) in [7, 11) is 0. The zero-order valence-corrected chi connectivity index (χ0v) is 12.9. The molecule has 1 N–H and O–H groups in total. The highest BCUT2D eigenvalue weighted by molar-refractivity contribution is 5.71. The van der Waals surface area contributed by atoms with Crippen LogP contribution in [0, 0.1) is 0 Å². The van der Waals surface area contributed by atoms with E-state index in [2.05, 4.69) is 9.55 Å². The summed E-state index contributed by atoms with van der Waals surface area (Å²) in [4.78, 5) is 9.24. The largest absolute Gasteiger partial charge is 0.508 e. The third kappa shape index (κ3) is 2.92. The number of nitrogens with zero attached hydrogens (tertiary/aromatic N) is 3. The molecule has 0 spiro atoms. The number of phenols is 1. The van der Waals surface area contributed by atoms with Crippen LogP contribution in [0.15, 0.2) is 42.6 Å². The second-order valence-electron chi connectivity index (χ2n) is 5.97. The van der Waals surface area contributed by atoms with Crippen molar-refractivity contribution in [2.45, 2.75) is 31.9 Å². The lowest BCUT2D eigenvalue weighted by Crippen LogP contribution is -2.14. The number of phenolic OH excluding ortho intramolecular Hbond substituents is 1. The van der Waals surface area contributed by atoms with Crippen molar-refractivity contribution in [1.29, 1.82) is 0 Å². The molecule has 1 fully saturated rings. The minimum Gasteiger partial charge on any atom is -0.508 e. The molecule has 4 rings (SSSR count). The molecule has 0 aliphatic carbocycles. The molecule has 5 nitrogen and oxygen atoms in total. The first-order valence-electron chi connectivity index (χ1n) is 7.99. The van der Waals surface area contributed by atoms with E-state index in [1.54, 1.807) is 18.3 Å². The number of aromatic nitrogens is 3. The fourth-order valence-corrected chi connectivity index (χ4v) is 3.17. The predicted octanol–water partition coefficient (Wildman–Crippen LogP) is 2.91. The van der Waals surface area contributed by atoms with Gasteiger partial charge in [0.25, 0.3) is 0 Å². The van der Waals surface area contributed by atoms with E-state index in [0.717, 1.165) is 48.4 Å². The number of pyridine rings is 1. The molecule has 1 aliphatic rings. The molecule has 0 saturated carbocycles. The topological polar surface area (TPSA) is 60.2 Å². The molecular weight excluding hydrogens is 290 g/mol. The lowest BCUT2D eigenvalue weighted by atomic mass is 10.1. The molecule has 1 aliphatic heterocycles. The minimum absolute atomic E-state index is 0.245. The fourth-order valence-electron chi connectivity index (χ4n) is 3.17. The molecule has 0 amide bonds. The molecule has 3 heterocycles. The van der Waals surface area contributed by atoms with Crippen LogP contribution in [0.2, 0.25) is 0 Å². The summed E-state index contributed by atoms with van der Waals surface area (Å²) in [5.74, 6) is 1.27. The van der Waals surface area contributed by atoms with Crippen molar-refractivity contribution in [2.75, 3.05) is 6.61 Å². The van der Waals surface area contributed by atoms with Gasteiger partial charge in [-0.05, 0) is 42.7 Å². The fraction of sp³-hybridized carbons (Fsp3) is 0.333. The zero-order valence-electron chi connectivity index (χ0n) is 12.9. The van der Waals surface area contributed by atoms with Gasteiger partial charge in [-0.25, -0.2) is 9.97 Å². The Kier molecular flexibility index (Phi) is 3.71. The van der Waals surface area contributed by atoms with Gasteiger partial charge in [-0.15, -0.1) is 0 Å². The molecule has 1 saturated heterocycles. The van der Waals surface area contributed by atoms with Crippen molar-refractivity contribution in [3.63, 3.8) is 0 Å². The van der Waals surface area contributed by atoms with Crippen LogP contribution in [0.4, 0.5) is 0 Å². The molecule has 0 bridgehead atoms. The number of aromatic hydroxyl groups is 1. The maximum absolute atomic E-state index is 9.69. The standard InChI is InChI=1S/C18H19N3O2/c22-14-5-1-4-13(10-14)12-21-17(11-15-6-3-9-23-15)20-16-7-2-8-19-18(16)21/h1-2,4-5,7-8,10,15,22H,3,6,9,11-12H2. The third-order valence-corrected chi connectivity index (χ3v) is 4.27. The quantitative estimate of drug-likeness (QED) is 0.805. The zero-order chi connectivity index (χ0) is 15.6. The molecule has 0 radical (unpaired) electrons. The van der Waals surface area contributed by atoms with Gasteiger partial charge in [0.2, 0.25) is 0 Å². The number of hydrogen-bond donors (Lipinski definition) is 1. The van der Waals surface area contributed by atoms with E-state index < -0.39 is 0 Å². The lowest BCUT2D eigenvalue weighted by molar-refractivity contribution is 0.109. The number of benzene rings is 1. The van der Waals surface area contributed by atoms with E-state index in [-0.39, 0.29) is 11.9 Å². The number of hydrogen-bond acceptors (Lipinski definition) is 4. The molecular formula is C18H19N3O2. The van der Waals surface area contributed by atoms with Gasteiger partial charge < -0.3 is 14.4 Å². The molecule has 23 heavy (non-hydrogen) atoms. The molecule has 1 atom stereocenters. The highest BCUT2D eigenvalue weighted by Gasteiger charge is 2.20. The Labute approximate surface area is 134 Å². The van der Waals surface area contributed by atoms with Crippen molar-refractivity contribution >= 4 is 11.2 Å². The van der Waals surface area contributed by atoms with Crippen molar-refractivity contribution < 1.29 is 9.84 Å². The Bertz CT molecular complexity index is 822. The van der Waals surface area contributed by atoms with E-state index in [9.17, 15) is 5.11 Å². The van der Waals surface area contributed by atoms with E-state index in [1.807, 2.05) is 24.3 Å². The molecule has 5 heteroatoms. The Morgan fingerprint density at radius 2 is 2.22 bits per heavy atom. The van der Waals surface area contributed by atoms with Crippen LogP contribution in [-0.2, 0) is 17.7 Å². The summed E-state index contributed by atoms with van der Waals surface area (Å²) in [6.07, 6.45) is 5.04. The van der Waals surface area contributed by atoms with E-state index >= 15 is 0 Å². The van der Waals surface area contributed by atoms with Crippen LogP contribution >= 0.6 is 0 Å². The molecule has 3 aromatic rings. The van der Waals surface area contributed by atoms with Crippen molar-refractivity contribution in [3.05, 3.63) is 54.0 Å². The third-order valence-electron chi connectivity index (χ3n) is 4.27. The van der Waals surface area contributed by atoms with Gasteiger partial charge in [-0.3, -0.25) is 0 Å². The van der Waals surface area contributed by atoms with Crippen LogP contribution < -0.4 is 0 Å². The maximum atomic E-state index is 9.69. The Morgan fingerprint density at radius 3 is 3.04 bits per heavy atom. The summed E-state index contributed by atoms with van der Waals surface area (Å²) in [5.41, 5.74) is 2.81. The van der Waals surface area contributed by atoms with Crippen LogP contribution in [0.3, 0.4) is 0 Å². The summed E-state index contributed by atoms with van der Waals surface area (Å²) >= 11 is 0. The first-order chi connectivity index (χ1) is 11.3. The smallest absolute Gasteiger partial charge is 0.160 e. The predicted molar refractivity (Wildman–Crippen MR) is 87.4 cm³/mol. The molecule has 1 aromatic carbocycles. The minimum atomic E-state index is 0.245. The van der Waals surface area contributed by atoms with Crippen molar-refractivity contribution in [1.82, 2.24) is 14.5 Å². The van der Waals surface area contributed by atoms with Crippen molar-refractivity contribution in [2.24, 2.45) is 0 Å². The Balaban J connectivity index is 1.72. The van der Waals surface area contributed by atoms with Gasteiger partial charge in [0.1, 0.15) is 17.1 Å². The summed E-state index contributed by atoms with van der Waals surface area (Å²) in [5, 5.41) is 9.69. The summed E-state index contributed by atoms with van der Waals surface area (Å²) in [6, 6.07) is 11.2. The van der Waals surface area contributed by atoms with Crippen LogP contribution in [-0.4, -0.2) is 32.4 Å². The van der Waals surface area contributed by atoms with Crippen LogP contribution in [0.5, 0.6) is 5.75 Å². The first kappa shape index (κ1) is 14.2. The SMILES string of the molecule is Oc1cccc(Cn2c(CC3CCCO3)nc3cccnc32)c1. The number of fused-ring (bicyclic) bond motifs is 1. The molecule has 2 aromatic heterocycles. The number of imidazole rings is 1. The average Bonchev–Trinajstić information content (AvgIpc) is 3.17. The van der Waals surface area contributed by atoms with Gasteiger partial charge in [-0.1, -0.05) is 12.1 Å². The van der Waals surface area contributed by atoms with E-state index in [4.69, 9.17) is 9.72 Å². The first-order valence-corrected chi connectivity index (χ1v) is 7.99. The second-order valence-corrected chi connectivity index (χ2v) is 5.97. The lowest BCUT2D eigenvalue weighted by Gasteiger charge is -2.12. The monoisotopic (exact) mass is 309 g/mol. The van der Waals surface area contributed by atoms with Crippen LogP contribution in [0.25, 0.3) is 11.2 Å². The summed E-state index contributed by atoms with van der Waals surface area (Å²) < 4.78 is 7.89. The Hall–Kier alpha value is -2.40. The highest BCUT2D eigenvalue weighted by atomic mass is 16.5. The number of ether oxygens (including phenoxy) is 1. The molecule has 1 unspecified atom stereocenters. The maximum Gasteiger partial charge on any atom is 0.160 e. The number of rotatable bonds is 4. The summed E-state index contributed by atoms with van der Waals surface area (Å²) in [6.45, 7) is 1.49. The van der Waals surface area contributed by atoms with E-state index in [0.29, 0.717) is 6.54 Å². The highest BCUT2D eigenvalue weighted by Crippen LogP contribution is 2.22. The van der Waals surface area contributed by atoms with Gasteiger partial charge in [0.15, 0.2) is 5.65 Å². The van der Waals surface area contributed by atoms with Gasteiger partial charge in [-0.2, -0.15) is 0 Å². The van der Waals surface area contributed by atoms with Gasteiger partial charge >= 0.3 is 0 Å². The van der Waals surface area contributed by atoms with Crippen molar-refractivity contribution in [3.8, 4) is 5.75 Å². The molecule has 118 valence electrons. The van der Waals surface area contributed by atoms with Gasteiger partial charge in [0.05, 0.1) is 12.6 Å². The Morgan fingerprint density at radius 1 is 1.26 bits per heavy atom. The van der Waals surface area contributed by atoms with Gasteiger partial charge in [0, 0.05) is 19.2 Å². The average molecular weight is 309 g/mol. The van der Waals surface area contributed by atoms with Crippen LogP contribution in [0.1, 0.15) is 24.2 Å².